The first-order chi connectivity index (χ1) is 14.3. The van der Waals surface area contributed by atoms with Gasteiger partial charge in [-0.2, -0.15) is 0 Å². The highest BCUT2D eigenvalue weighted by Crippen LogP contribution is 2.16. The molecule has 0 aliphatic heterocycles. The van der Waals surface area contributed by atoms with E-state index in [1.165, 1.54) is 18.4 Å². The fourth-order valence-corrected chi connectivity index (χ4v) is 3.76. The normalized spacial score (nSPS) is 11.3. The summed E-state index contributed by atoms with van der Waals surface area (Å²) in [7, 11) is -3.79. The van der Waals surface area contributed by atoms with Gasteiger partial charge < -0.3 is 14.5 Å². The van der Waals surface area contributed by atoms with Crippen LogP contribution in [-0.4, -0.2) is 27.5 Å². The van der Waals surface area contributed by atoms with Crippen molar-refractivity contribution in [3.8, 4) is 5.75 Å². The summed E-state index contributed by atoms with van der Waals surface area (Å²) in [6, 6.07) is 15.4. The molecule has 7 nitrogen and oxygen atoms in total. The second kappa shape index (κ2) is 9.60. The Kier molecular flexibility index (Phi) is 6.91. The molecule has 0 saturated heterocycles. The van der Waals surface area contributed by atoms with Crippen LogP contribution in [0.5, 0.6) is 5.75 Å². The van der Waals surface area contributed by atoms with Gasteiger partial charge in [0.1, 0.15) is 18.1 Å². The van der Waals surface area contributed by atoms with Gasteiger partial charge in [0.15, 0.2) is 0 Å². The van der Waals surface area contributed by atoms with E-state index in [-0.39, 0.29) is 17.3 Å². The summed E-state index contributed by atoms with van der Waals surface area (Å²) in [6.45, 7) is 4.37. The van der Waals surface area contributed by atoms with Crippen molar-refractivity contribution in [1.29, 1.82) is 0 Å². The molecule has 0 bridgehead atoms. The molecule has 8 heteroatoms. The molecule has 158 valence electrons. The van der Waals surface area contributed by atoms with E-state index >= 15 is 0 Å². The highest BCUT2D eigenvalue weighted by atomic mass is 32.2. The molecule has 1 amide bonds. The standard InChI is InChI=1S/C22H24N2O5S/c1-16-5-8-18(9-6-16)29-13-11-23-22(25)21-14-20(10-7-17(21)2)30(26,27)24-15-19-4-3-12-28-19/h3-10,12,14,24H,11,13,15H2,1-2H3,(H,23,25). The number of amides is 1. The second-order valence-electron chi connectivity index (χ2n) is 6.80. The molecule has 0 saturated carbocycles. The Balaban J connectivity index is 1.59. The minimum absolute atomic E-state index is 0.0145. The smallest absolute Gasteiger partial charge is 0.251 e. The number of carbonyl (C=O) groups excluding carboxylic acids is 1. The first-order valence-electron chi connectivity index (χ1n) is 9.45. The van der Waals surface area contributed by atoms with Crippen molar-refractivity contribution < 1.29 is 22.4 Å². The molecule has 30 heavy (non-hydrogen) atoms. The molecule has 3 aromatic rings. The zero-order valence-corrected chi connectivity index (χ0v) is 17.7. The lowest BCUT2D eigenvalue weighted by molar-refractivity contribution is 0.0946. The monoisotopic (exact) mass is 428 g/mol. The molecule has 0 aliphatic carbocycles. The van der Waals surface area contributed by atoms with Crippen LogP contribution in [0.3, 0.4) is 0 Å². The average molecular weight is 429 g/mol. The number of carbonyl (C=O) groups is 1. The topological polar surface area (TPSA) is 97.6 Å². The summed E-state index contributed by atoms with van der Waals surface area (Å²) in [5.74, 6) is 0.863. The number of aryl methyl sites for hydroxylation is 2. The minimum atomic E-state index is -3.79. The number of benzene rings is 2. The Morgan fingerprint density at radius 3 is 2.53 bits per heavy atom. The van der Waals surface area contributed by atoms with Crippen LogP contribution in [-0.2, 0) is 16.6 Å². The van der Waals surface area contributed by atoms with Gasteiger partial charge in [-0.25, -0.2) is 13.1 Å². The summed E-state index contributed by atoms with van der Waals surface area (Å²) in [5.41, 5.74) is 2.11. The number of furan rings is 1. The average Bonchev–Trinajstić information content (AvgIpc) is 3.25. The second-order valence-corrected chi connectivity index (χ2v) is 8.57. The molecule has 0 radical (unpaired) electrons. The zero-order chi connectivity index (χ0) is 21.6. The van der Waals surface area contributed by atoms with Crippen molar-refractivity contribution in [3.05, 3.63) is 83.3 Å². The number of ether oxygens (including phenoxy) is 1. The van der Waals surface area contributed by atoms with E-state index in [9.17, 15) is 13.2 Å². The molecule has 2 N–H and O–H groups in total. The van der Waals surface area contributed by atoms with E-state index < -0.39 is 10.0 Å². The van der Waals surface area contributed by atoms with Gasteiger partial charge in [0.2, 0.25) is 10.0 Å². The summed E-state index contributed by atoms with van der Waals surface area (Å²) >= 11 is 0. The molecule has 0 spiro atoms. The van der Waals surface area contributed by atoms with Crippen LogP contribution in [0.15, 0.2) is 70.2 Å². The summed E-state index contributed by atoms with van der Waals surface area (Å²) < 4.78 is 38.3. The predicted molar refractivity (Wildman–Crippen MR) is 113 cm³/mol. The lowest BCUT2D eigenvalue weighted by Crippen LogP contribution is -2.29. The Morgan fingerprint density at radius 1 is 1.07 bits per heavy atom. The van der Waals surface area contributed by atoms with E-state index in [1.807, 2.05) is 31.2 Å². The first kappa shape index (κ1) is 21.6. The van der Waals surface area contributed by atoms with E-state index in [0.717, 1.165) is 11.3 Å². The van der Waals surface area contributed by atoms with Crippen LogP contribution in [0, 0.1) is 13.8 Å². The van der Waals surface area contributed by atoms with E-state index in [4.69, 9.17) is 9.15 Å². The Bertz CT molecular complexity index is 1090. The lowest BCUT2D eigenvalue weighted by atomic mass is 10.1. The van der Waals surface area contributed by atoms with Gasteiger partial charge in [0.05, 0.1) is 24.2 Å². The molecular formula is C22H24N2O5S. The highest BCUT2D eigenvalue weighted by molar-refractivity contribution is 7.89. The van der Waals surface area contributed by atoms with E-state index in [1.54, 1.807) is 25.1 Å². The molecule has 1 aromatic heterocycles. The van der Waals surface area contributed by atoms with Crippen LogP contribution in [0.25, 0.3) is 0 Å². The van der Waals surface area contributed by atoms with Gasteiger partial charge in [-0.05, 0) is 55.8 Å². The molecule has 0 unspecified atom stereocenters. The van der Waals surface area contributed by atoms with Crippen LogP contribution in [0.4, 0.5) is 0 Å². The van der Waals surface area contributed by atoms with Crippen molar-refractivity contribution in [2.75, 3.05) is 13.2 Å². The van der Waals surface area contributed by atoms with E-state index in [0.29, 0.717) is 30.0 Å². The summed E-state index contributed by atoms with van der Waals surface area (Å²) in [4.78, 5) is 12.6. The third-order valence-corrected chi connectivity index (χ3v) is 5.86. The maximum absolute atomic E-state index is 12.6. The van der Waals surface area contributed by atoms with Crippen LogP contribution < -0.4 is 14.8 Å². The molecule has 0 aliphatic rings. The SMILES string of the molecule is Cc1ccc(OCCNC(=O)c2cc(S(=O)(=O)NCc3ccco3)ccc2C)cc1. The maximum atomic E-state index is 12.6. The molecule has 2 aromatic carbocycles. The first-order valence-corrected chi connectivity index (χ1v) is 10.9. The van der Waals surface area contributed by atoms with Gasteiger partial charge >= 0.3 is 0 Å². The molecule has 1 heterocycles. The van der Waals surface area contributed by atoms with Gasteiger partial charge in [-0.1, -0.05) is 23.8 Å². The van der Waals surface area contributed by atoms with Gasteiger partial charge in [0.25, 0.3) is 5.91 Å². The predicted octanol–water partition coefficient (Wildman–Crippen LogP) is 3.18. The van der Waals surface area contributed by atoms with Gasteiger partial charge in [-0.15, -0.1) is 0 Å². The van der Waals surface area contributed by atoms with Crippen LogP contribution in [0.2, 0.25) is 0 Å². The van der Waals surface area contributed by atoms with Gasteiger partial charge in [-0.3, -0.25) is 4.79 Å². The van der Waals surface area contributed by atoms with Crippen LogP contribution in [0.1, 0.15) is 27.2 Å². The third kappa shape index (κ3) is 5.71. The molecule has 0 fully saturated rings. The number of hydrogen-bond acceptors (Lipinski definition) is 5. The quantitative estimate of drug-likeness (QED) is 0.510. The number of sulfonamides is 1. The molecular weight excluding hydrogens is 404 g/mol. The molecule has 3 rings (SSSR count). The zero-order valence-electron chi connectivity index (χ0n) is 16.8. The number of nitrogens with one attached hydrogen (secondary N) is 2. The largest absolute Gasteiger partial charge is 0.492 e. The van der Waals surface area contributed by atoms with Crippen LogP contribution >= 0.6 is 0 Å². The fraction of sp³-hybridized carbons (Fsp3) is 0.227. The Labute approximate surface area is 176 Å². The summed E-state index contributed by atoms with van der Waals surface area (Å²) in [5, 5.41) is 2.76. The maximum Gasteiger partial charge on any atom is 0.251 e. The van der Waals surface area contributed by atoms with Crippen molar-refractivity contribution >= 4 is 15.9 Å². The van der Waals surface area contributed by atoms with E-state index in [2.05, 4.69) is 10.0 Å². The number of hydrogen-bond donors (Lipinski definition) is 2. The fourth-order valence-electron chi connectivity index (χ4n) is 2.74. The van der Waals surface area contributed by atoms with Crippen molar-refractivity contribution in [3.63, 3.8) is 0 Å². The van der Waals surface area contributed by atoms with Crippen molar-refractivity contribution in [2.45, 2.75) is 25.3 Å². The van der Waals surface area contributed by atoms with Crippen molar-refractivity contribution in [2.24, 2.45) is 0 Å². The Hall–Kier alpha value is -3.10. The Morgan fingerprint density at radius 2 is 1.83 bits per heavy atom. The van der Waals surface area contributed by atoms with Crippen molar-refractivity contribution in [1.82, 2.24) is 10.0 Å². The lowest BCUT2D eigenvalue weighted by Gasteiger charge is -2.11. The summed E-state index contributed by atoms with van der Waals surface area (Å²) in [6.07, 6.45) is 1.47. The number of rotatable bonds is 9. The minimum Gasteiger partial charge on any atom is -0.492 e. The molecule has 0 atom stereocenters. The third-order valence-electron chi connectivity index (χ3n) is 4.46. The van der Waals surface area contributed by atoms with Gasteiger partial charge in [0, 0.05) is 5.56 Å². The highest BCUT2D eigenvalue weighted by Gasteiger charge is 2.18.